The number of carbonyl (C=O) groups excluding carboxylic acids is 2. The molecule has 0 aliphatic heterocycles. The Labute approximate surface area is 109 Å². The zero-order valence-corrected chi connectivity index (χ0v) is 11.8. The van der Waals surface area contributed by atoms with Crippen molar-refractivity contribution in [2.75, 3.05) is 6.61 Å². The molecule has 0 aliphatic rings. The monoisotopic (exact) mass is 256 g/mol. The molecule has 104 valence electrons. The van der Waals surface area contributed by atoms with E-state index in [1.165, 1.54) is 6.92 Å². The standard InChI is InChI=1S/C14H24O4/c1-5-7-8-13(14(16)17-6-2)10-9-11(3)18-12(4)15/h9-11,13H,5-8H2,1-4H3/t11-,13+/m1/s1. The SMILES string of the molecule is CCCC[C@@H](C=C[C@@H](C)OC(C)=O)C(=O)OCC. The van der Waals surface area contributed by atoms with Gasteiger partial charge in [-0.3, -0.25) is 9.59 Å². The van der Waals surface area contributed by atoms with E-state index in [0.717, 1.165) is 19.3 Å². The number of hydrogen-bond donors (Lipinski definition) is 0. The summed E-state index contributed by atoms with van der Waals surface area (Å²) in [6.45, 7) is 7.38. The van der Waals surface area contributed by atoms with Crippen molar-refractivity contribution in [3.8, 4) is 0 Å². The lowest BCUT2D eigenvalue weighted by Crippen LogP contribution is -2.17. The number of unbranched alkanes of at least 4 members (excludes halogenated alkanes) is 1. The van der Waals surface area contributed by atoms with E-state index in [0.29, 0.717) is 6.61 Å². The molecule has 18 heavy (non-hydrogen) atoms. The molecule has 0 aliphatic carbocycles. The quantitative estimate of drug-likeness (QED) is 0.495. The molecule has 2 atom stereocenters. The molecular weight excluding hydrogens is 232 g/mol. The van der Waals surface area contributed by atoms with Crippen LogP contribution >= 0.6 is 0 Å². The molecule has 0 N–H and O–H groups in total. The molecule has 0 unspecified atom stereocenters. The third kappa shape index (κ3) is 7.87. The highest BCUT2D eigenvalue weighted by atomic mass is 16.5. The summed E-state index contributed by atoms with van der Waals surface area (Å²) in [7, 11) is 0. The Balaban J connectivity index is 4.41. The van der Waals surface area contributed by atoms with Crippen LogP contribution < -0.4 is 0 Å². The third-order valence-corrected chi connectivity index (χ3v) is 2.42. The van der Waals surface area contributed by atoms with E-state index < -0.39 is 0 Å². The Hall–Kier alpha value is -1.32. The van der Waals surface area contributed by atoms with E-state index in [1.54, 1.807) is 26.0 Å². The van der Waals surface area contributed by atoms with Crippen LogP contribution in [0.5, 0.6) is 0 Å². The average Bonchev–Trinajstić information content (AvgIpc) is 2.28. The molecule has 0 aromatic carbocycles. The minimum Gasteiger partial charge on any atom is -0.466 e. The smallest absolute Gasteiger partial charge is 0.312 e. The number of esters is 2. The maximum absolute atomic E-state index is 11.7. The first-order valence-corrected chi connectivity index (χ1v) is 6.53. The van der Waals surface area contributed by atoms with Crippen LogP contribution in [-0.2, 0) is 19.1 Å². The van der Waals surface area contributed by atoms with Crippen LogP contribution in [0.25, 0.3) is 0 Å². The first-order chi connectivity index (χ1) is 8.51. The second kappa shape index (κ2) is 9.68. The molecule has 0 spiro atoms. The van der Waals surface area contributed by atoms with Gasteiger partial charge in [0.25, 0.3) is 0 Å². The highest BCUT2D eigenvalue weighted by molar-refractivity contribution is 5.74. The fourth-order valence-electron chi connectivity index (χ4n) is 1.56. The molecular formula is C14H24O4. The lowest BCUT2D eigenvalue weighted by atomic mass is 10.0. The molecule has 4 nitrogen and oxygen atoms in total. The Morgan fingerprint density at radius 1 is 1.22 bits per heavy atom. The van der Waals surface area contributed by atoms with Crippen LogP contribution in [0.2, 0.25) is 0 Å². The van der Waals surface area contributed by atoms with Crippen molar-refractivity contribution < 1.29 is 19.1 Å². The summed E-state index contributed by atoms with van der Waals surface area (Å²) >= 11 is 0. The molecule has 0 rings (SSSR count). The second-order valence-corrected chi connectivity index (χ2v) is 4.20. The van der Waals surface area contributed by atoms with Crippen LogP contribution in [-0.4, -0.2) is 24.6 Å². The Bertz CT molecular complexity index is 284. The molecule has 0 fully saturated rings. The fourth-order valence-corrected chi connectivity index (χ4v) is 1.56. The lowest BCUT2D eigenvalue weighted by molar-refractivity contribution is -0.146. The van der Waals surface area contributed by atoms with Gasteiger partial charge in [0.05, 0.1) is 12.5 Å². The van der Waals surface area contributed by atoms with Crippen LogP contribution in [0, 0.1) is 5.92 Å². The van der Waals surface area contributed by atoms with Crippen LogP contribution in [0.3, 0.4) is 0 Å². The van der Waals surface area contributed by atoms with Crippen LogP contribution in [0.15, 0.2) is 12.2 Å². The minimum absolute atomic E-state index is 0.211. The number of rotatable bonds is 8. The zero-order valence-electron chi connectivity index (χ0n) is 11.8. The van der Waals surface area contributed by atoms with Gasteiger partial charge in [-0.1, -0.05) is 25.8 Å². The van der Waals surface area contributed by atoms with E-state index in [-0.39, 0.29) is 24.0 Å². The maximum Gasteiger partial charge on any atom is 0.312 e. The van der Waals surface area contributed by atoms with E-state index >= 15 is 0 Å². The van der Waals surface area contributed by atoms with Gasteiger partial charge in [-0.05, 0) is 26.3 Å². The van der Waals surface area contributed by atoms with Gasteiger partial charge in [0.2, 0.25) is 0 Å². The summed E-state index contributed by atoms with van der Waals surface area (Å²) in [6, 6.07) is 0. The van der Waals surface area contributed by atoms with Crippen LogP contribution in [0.1, 0.15) is 47.0 Å². The van der Waals surface area contributed by atoms with Crippen molar-refractivity contribution in [1.82, 2.24) is 0 Å². The molecule has 4 heteroatoms. The van der Waals surface area contributed by atoms with Crippen molar-refractivity contribution in [1.29, 1.82) is 0 Å². The summed E-state index contributed by atoms with van der Waals surface area (Å²) in [5.74, 6) is -0.784. The summed E-state index contributed by atoms with van der Waals surface area (Å²) in [5, 5.41) is 0. The Morgan fingerprint density at radius 3 is 2.39 bits per heavy atom. The molecule has 0 bridgehead atoms. The summed E-state index contributed by atoms with van der Waals surface area (Å²) < 4.78 is 9.98. The highest BCUT2D eigenvalue weighted by Crippen LogP contribution is 2.13. The van der Waals surface area contributed by atoms with Gasteiger partial charge in [0, 0.05) is 6.92 Å². The first-order valence-electron chi connectivity index (χ1n) is 6.53. The Kier molecular flexibility index (Phi) is 8.97. The van der Waals surface area contributed by atoms with Gasteiger partial charge < -0.3 is 9.47 Å². The van der Waals surface area contributed by atoms with E-state index in [9.17, 15) is 9.59 Å². The summed E-state index contributed by atoms with van der Waals surface area (Å²) in [5.41, 5.74) is 0. The molecule has 0 aromatic heterocycles. The van der Waals surface area contributed by atoms with Gasteiger partial charge in [-0.25, -0.2) is 0 Å². The predicted molar refractivity (Wildman–Crippen MR) is 70.0 cm³/mol. The molecule has 0 heterocycles. The third-order valence-electron chi connectivity index (χ3n) is 2.42. The van der Waals surface area contributed by atoms with E-state index in [4.69, 9.17) is 9.47 Å². The highest BCUT2D eigenvalue weighted by Gasteiger charge is 2.16. The van der Waals surface area contributed by atoms with Crippen molar-refractivity contribution in [3.63, 3.8) is 0 Å². The van der Waals surface area contributed by atoms with Crippen molar-refractivity contribution >= 4 is 11.9 Å². The minimum atomic E-state index is -0.326. The second-order valence-electron chi connectivity index (χ2n) is 4.20. The molecule has 0 saturated heterocycles. The number of ether oxygens (including phenoxy) is 2. The molecule has 0 aromatic rings. The molecule has 0 radical (unpaired) electrons. The van der Waals surface area contributed by atoms with Gasteiger partial charge in [0.1, 0.15) is 6.10 Å². The molecule has 0 saturated carbocycles. The fraction of sp³-hybridized carbons (Fsp3) is 0.714. The largest absolute Gasteiger partial charge is 0.466 e. The zero-order chi connectivity index (χ0) is 14.0. The van der Waals surface area contributed by atoms with Crippen LogP contribution in [0.4, 0.5) is 0 Å². The number of hydrogen-bond acceptors (Lipinski definition) is 4. The predicted octanol–water partition coefficient (Wildman–Crippen LogP) is 2.86. The summed E-state index contributed by atoms with van der Waals surface area (Å²) in [4.78, 5) is 22.5. The normalized spacial score (nSPS) is 14.2. The van der Waals surface area contributed by atoms with Gasteiger partial charge in [-0.15, -0.1) is 0 Å². The van der Waals surface area contributed by atoms with Crippen molar-refractivity contribution in [2.45, 2.75) is 53.1 Å². The summed E-state index contributed by atoms with van der Waals surface area (Å²) in [6.07, 6.45) is 5.96. The van der Waals surface area contributed by atoms with Crippen molar-refractivity contribution in [3.05, 3.63) is 12.2 Å². The van der Waals surface area contributed by atoms with E-state index in [2.05, 4.69) is 6.92 Å². The Morgan fingerprint density at radius 2 is 1.89 bits per heavy atom. The first kappa shape index (κ1) is 16.7. The van der Waals surface area contributed by atoms with Gasteiger partial charge >= 0.3 is 11.9 Å². The lowest BCUT2D eigenvalue weighted by Gasteiger charge is -2.12. The van der Waals surface area contributed by atoms with E-state index in [1.807, 2.05) is 0 Å². The number of carbonyl (C=O) groups is 2. The average molecular weight is 256 g/mol. The maximum atomic E-state index is 11.7. The van der Waals surface area contributed by atoms with Gasteiger partial charge in [0.15, 0.2) is 0 Å². The van der Waals surface area contributed by atoms with Crippen molar-refractivity contribution in [2.24, 2.45) is 5.92 Å². The van der Waals surface area contributed by atoms with Gasteiger partial charge in [-0.2, -0.15) is 0 Å². The topological polar surface area (TPSA) is 52.6 Å². The molecule has 0 amide bonds.